The van der Waals surface area contributed by atoms with Crippen LogP contribution in [0.3, 0.4) is 0 Å². The number of nitrogens with one attached hydrogen (secondary N) is 1. The van der Waals surface area contributed by atoms with E-state index in [-0.39, 0.29) is 24.8 Å². The molecule has 1 aliphatic carbocycles. The van der Waals surface area contributed by atoms with E-state index in [1.54, 1.807) is 6.20 Å². The molecule has 0 radical (unpaired) electrons. The Hall–Kier alpha value is -1.04. The van der Waals surface area contributed by atoms with Crippen LogP contribution in [0.1, 0.15) is 69.6 Å². The number of nitrogens with zero attached hydrogens (tertiary/aromatic N) is 1. The number of hydrogen-bond donors (Lipinski definition) is 1. The highest BCUT2D eigenvalue weighted by Crippen LogP contribution is 2.43. The van der Waals surface area contributed by atoms with Crippen molar-refractivity contribution in [3.63, 3.8) is 0 Å². The lowest BCUT2D eigenvalue weighted by Crippen LogP contribution is -2.27. The van der Waals surface area contributed by atoms with Gasteiger partial charge >= 0.3 is 6.18 Å². The van der Waals surface area contributed by atoms with Crippen LogP contribution >= 0.6 is 0 Å². The second kappa shape index (κ2) is 6.81. The first-order valence-electron chi connectivity index (χ1n) is 7.67. The molecule has 1 aliphatic rings. The molecule has 0 bridgehead atoms. The number of hydrogen-bond acceptors (Lipinski definition) is 3. The van der Waals surface area contributed by atoms with Crippen LogP contribution in [0.25, 0.3) is 0 Å². The van der Waals surface area contributed by atoms with Gasteiger partial charge in [-0.2, -0.15) is 13.2 Å². The van der Waals surface area contributed by atoms with Gasteiger partial charge in [0.2, 0.25) is 5.89 Å². The van der Waals surface area contributed by atoms with Crippen molar-refractivity contribution in [2.45, 2.75) is 64.1 Å². The van der Waals surface area contributed by atoms with Gasteiger partial charge in [-0.15, -0.1) is 0 Å². The first-order chi connectivity index (χ1) is 9.91. The van der Waals surface area contributed by atoms with Crippen molar-refractivity contribution < 1.29 is 17.6 Å². The van der Waals surface area contributed by atoms with Crippen molar-refractivity contribution in [1.29, 1.82) is 0 Å². The second-order valence-corrected chi connectivity index (χ2v) is 5.88. The summed E-state index contributed by atoms with van der Waals surface area (Å²) in [6, 6.07) is -0.0132. The Labute approximate surface area is 123 Å². The van der Waals surface area contributed by atoms with Gasteiger partial charge in [0.05, 0.1) is 18.2 Å². The van der Waals surface area contributed by atoms with E-state index in [0.29, 0.717) is 18.1 Å². The molecule has 1 saturated carbocycles. The lowest BCUT2D eigenvalue weighted by molar-refractivity contribution is -0.183. The quantitative estimate of drug-likeness (QED) is 0.866. The second-order valence-electron chi connectivity index (χ2n) is 5.88. The molecule has 0 aliphatic heterocycles. The highest BCUT2D eigenvalue weighted by atomic mass is 19.4. The zero-order valence-corrected chi connectivity index (χ0v) is 12.5. The van der Waals surface area contributed by atoms with Gasteiger partial charge in [-0.05, 0) is 39.2 Å². The van der Waals surface area contributed by atoms with Crippen LogP contribution in [-0.4, -0.2) is 17.7 Å². The van der Waals surface area contributed by atoms with Crippen LogP contribution in [-0.2, 0) is 0 Å². The minimum absolute atomic E-state index is 0.0132. The maximum atomic E-state index is 12.8. The van der Waals surface area contributed by atoms with Crippen LogP contribution < -0.4 is 5.32 Å². The molecule has 1 fully saturated rings. The molecule has 0 aromatic carbocycles. The minimum atomic E-state index is -4.10. The normalized spacial score (nSPS) is 25.0. The molecular weight excluding hydrogens is 281 g/mol. The van der Waals surface area contributed by atoms with E-state index in [1.165, 1.54) is 0 Å². The summed E-state index contributed by atoms with van der Waals surface area (Å²) in [5.41, 5.74) is 0. The Bertz CT molecular complexity index is 444. The maximum Gasteiger partial charge on any atom is 0.391 e. The largest absolute Gasteiger partial charge is 0.444 e. The third-order valence-electron chi connectivity index (χ3n) is 4.15. The molecule has 3 atom stereocenters. The first kappa shape index (κ1) is 16.3. The molecule has 120 valence electrons. The Kier molecular flexibility index (Phi) is 5.30. The Morgan fingerprint density at radius 2 is 2.19 bits per heavy atom. The summed E-state index contributed by atoms with van der Waals surface area (Å²) in [4.78, 5) is 4.22. The third kappa shape index (κ3) is 4.22. The molecule has 0 spiro atoms. The van der Waals surface area contributed by atoms with Crippen LogP contribution in [0, 0.1) is 5.92 Å². The maximum absolute atomic E-state index is 12.8. The number of alkyl halides is 3. The minimum Gasteiger partial charge on any atom is -0.444 e. The van der Waals surface area contributed by atoms with Crippen molar-refractivity contribution in [2.75, 3.05) is 6.54 Å². The van der Waals surface area contributed by atoms with E-state index in [1.807, 2.05) is 6.92 Å². The van der Waals surface area contributed by atoms with E-state index in [2.05, 4.69) is 17.2 Å². The number of rotatable bonds is 5. The van der Waals surface area contributed by atoms with Crippen molar-refractivity contribution in [3.05, 3.63) is 17.8 Å². The average molecular weight is 304 g/mol. The van der Waals surface area contributed by atoms with Crippen molar-refractivity contribution >= 4 is 0 Å². The molecular formula is C15H23F3N2O. The molecule has 0 amide bonds. The molecule has 3 unspecified atom stereocenters. The van der Waals surface area contributed by atoms with E-state index in [9.17, 15) is 13.2 Å². The number of halogens is 3. The fourth-order valence-corrected chi connectivity index (χ4v) is 2.88. The summed E-state index contributed by atoms with van der Waals surface area (Å²) >= 11 is 0. The highest BCUT2D eigenvalue weighted by molar-refractivity contribution is 5.05. The standard InChI is InChI=1S/C15H23F3N2O/c1-3-7-19-10(2)14-20-9-13(21-14)11-5-4-6-12(8-11)15(16,17)18/h9-12,19H,3-8H2,1-2H3. The Balaban J connectivity index is 2.00. The molecule has 21 heavy (non-hydrogen) atoms. The number of oxazole rings is 1. The van der Waals surface area contributed by atoms with Crippen molar-refractivity contribution in [3.8, 4) is 0 Å². The van der Waals surface area contributed by atoms with Crippen LogP contribution in [0.2, 0.25) is 0 Å². The van der Waals surface area contributed by atoms with Crippen molar-refractivity contribution in [1.82, 2.24) is 10.3 Å². The van der Waals surface area contributed by atoms with Gasteiger partial charge in [0.25, 0.3) is 0 Å². The highest BCUT2D eigenvalue weighted by Gasteiger charge is 2.43. The van der Waals surface area contributed by atoms with E-state index in [4.69, 9.17) is 4.42 Å². The lowest BCUT2D eigenvalue weighted by atomic mass is 9.80. The molecule has 2 rings (SSSR count). The summed E-state index contributed by atoms with van der Waals surface area (Å²) < 4.78 is 44.2. The Morgan fingerprint density at radius 3 is 2.86 bits per heavy atom. The summed E-state index contributed by atoms with van der Waals surface area (Å²) in [6.45, 7) is 4.88. The summed E-state index contributed by atoms with van der Waals surface area (Å²) in [6.07, 6.45) is 0.199. The zero-order valence-electron chi connectivity index (χ0n) is 12.5. The summed E-state index contributed by atoms with van der Waals surface area (Å²) in [5.74, 6) is -0.206. The molecule has 0 saturated heterocycles. The molecule has 6 heteroatoms. The molecule has 1 N–H and O–H groups in total. The summed E-state index contributed by atoms with van der Waals surface area (Å²) in [5, 5.41) is 3.26. The third-order valence-corrected chi connectivity index (χ3v) is 4.15. The number of aromatic nitrogens is 1. The molecule has 1 aromatic rings. The van der Waals surface area contributed by atoms with Crippen LogP contribution in [0.15, 0.2) is 10.6 Å². The summed E-state index contributed by atoms with van der Waals surface area (Å²) in [7, 11) is 0. The van der Waals surface area contributed by atoms with Gasteiger partial charge in [0, 0.05) is 5.92 Å². The zero-order chi connectivity index (χ0) is 15.5. The predicted molar refractivity (Wildman–Crippen MR) is 74.0 cm³/mol. The lowest BCUT2D eigenvalue weighted by Gasteiger charge is -2.29. The van der Waals surface area contributed by atoms with Gasteiger partial charge in [0.15, 0.2) is 0 Å². The molecule has 1 aromatic heterocycles. The average Bonchev–Trinajstić information content (AvgIpc) is 2.94. The Morgan fingerprint density at radius 1 is 1.43 bits per heavy atom. The van der Waals surface area contributed by atoms with Crippen molar-refractivity contribution in [2.24, 2.45) is 5.92 Å². The van der Waals surface area contributed by atoms with Crippen LogP contribution in [0.4, 0.5) is 13.2 Å². The first-order valence-corrected chi connectivity index (χ1v) is 7.67. The van der Waals surface area contributed by atoms with Gasteiger partial charge < -0.3 is 9.73 Å². The van der Waals surface area contributed by atoms with Gasteiger partial charge in [-0.25, -0.2) is 4.98 Å². The SMILES string of the molecule is CCCNC(C)c1ncc(C2CCCC(C(F)(F)F)C2)o1. The predicted octanol–water partition coefficient (Wildman–Crippen LogP) is 4.57. The fourth-order valence-electron chi connectivity index (χ4n) is 2.88. The smallest absolute Gasteiger partial charge is 0.391 e. The van der Waals surface area contributed by atoms with Crippen LogP contribution in [0.5, 0.6) is 0 Å². The van der Waals surface area contributed by atoms with Gasteiger partial charge in [-0.1, -0.05) is 13.3 Å². The molecule has 3 nitrogen and oxygen atoms in total. The van der Waals surface area contributed by atoms with E-state index < -0.39 is 12.1 Å². The van der Waals surface area contributed by atoms with Gasteiger partial charge in [-0.3, -0.25) is 0 Å². The molecule has 1 heterocycles. The fraction of sp³-hybridized carbons (Fsp3) is 0.800. The topological polar surface area (TPSA) is 38.1 Å². The van der Waals surface area contributed by atoms with E-state index in [0.717, 1.165) is 19.4 Å². The van der Waals surface area contributed by atoms with E-state index >= 15 is 0 Å². The monoisotopic (exact) mass is 304 g/mol. The van der Waals surface area contributed by atoms with Gasteiger partial charge in [0.1, 0.15) is 5.76 Å².